The molecular weight excluding hydrogens is 326 g/mol. The SMILES string of the molecule is CCC(Oc1ccc(C)cc1Cl)C(=O)NCc1ccc(OC)cc1. The summed E-state index contributed by atoms with van der Waals surface area (Å²) in [6, 6.07) is 13.1. The van der Waals surface area contributed by atoms with Crippen LogP contribution in [0, 0.1) is 6.92 Å². The third-order valence-corrected chi connectivity index (χ3v) is 3.94. The first-order chi connectivity index (χ1) is 11.5. The molecule has 0 aliphatic heterocycles. The maximum atomic E-state index is 12.3. The first-order valence-electron chi connectivity index (χ1n) is 7.87. The predicted octanol–water partition coefficient (Wildman–Crippen LogP) is 4.13. The zero-order valence-electron chi connectivity index (χ0n) is 14.1. The molecule has 0 aliphatic carbocycles. The van der Waals surface area contributed by atoms with Gasteiger partial charge in [-0.05, 0) is 48.7 Å². The minimum atomic E-state index is -0.580. The molecule has 1 unspecified atom stereocenters. The Bertz CT molecular complexity index is 686. The largest absolute Gasteiger partial charge is 0.497 e. The topological polar surface area (TPSA) is 47.6 Å². The van der Waals surface area contributed by atoms with Crippen LogP contribution in [0.15, 0.2) is 42.5 Å². The van der Waals surface area contributed by atoms with E-state index in [1.165, 1.54) is 0 Å². The van der Waals surface area contributed by atoms with Crippen molar-refractivity contribution in [3.8, 4) is 11.5 Å². The van der Waals surface area contributed by atoms with Crippen LogP contribution in [-0.4, -0.2) is 19.1 Å². The lowest BCUT2D eigenvalue weighted by Crippen LogP contribution is -2.37. The number of ether oxygens (including phenoxy) is 2. The van der Waals surface area contributed by atoms with Gasteiger partial charge in [-0.3, -0.25) is 4.79 Å². The summed E-state index contributed by atoms with van der Waals surface area (Å²) >= 11 is 6.17. The van der Waals surface area contributed by atoms with Gasteiger partial charge in [-0.1, -0.05) is 36.7 Å². The lowest BCUT2D eigenvalue weighted by Gasteiger charge is -2.18. The van der Waals surface area contributed by atoms with Crippen LogP contribution in [0.4, 0.5) is 0 Å². The van der Waals surface area contributed by atoms with Crippen molar-refractivity contribution >= 4 is 17.5 Å². The maximum Gasteiger partial charge on any atom is 0.261 e. The number of hydrogen-bond acceptors (Lipinski definition) is 3. The number of carbonyl (C=O) groups excluding carboxylic acids is 1. The average molecular weight is 348 g/mol. The van der Waals surface area contributed by atoms with E-state index in [0.717, 1.165) is 16.9 Å². The molecule has 2 aromatic rings. The minimum absolute atomic E-state index is 0.162. The van der Waals surface area contributed by atoms with Gasteiger partial charge < -0.3 is 14.8 Å². The number of methoxy groups -OCH3 is 1. The van der Waals surface area contributed by atoms with Crippen molar-refractivity contribution in [3.63, 3.8) is 0 Å². The summed E-state index contributed by atoms with van der Waals surface area (Å²) < 4.78 is 10.9. The van der Waals surface area contributed by atoms with E-state index < -0.39 is 6.10 Å². The lowest BCUT2D eigenvalue weighted by molar-refractivity contribution is -0.128. The first kappa shape index (κ1) is 18.1. The Hall–Kier alpha value is -2.20. The third-order valence-electron chi connectivity index (χ3n) is 3.65. The summed E-state index contributed by atoms with van der Waals surface area (Å²) in [6.45, 7) is 4.29. The molecule has 0 radical (unpaired) electrons. The highest BCUT2D eigenvalue weighted by Crippen LogP contribution is 2.26. The molecule has 4 nitrogen and oxygen atoms in total. The van der Waals surface area contributed by atoms with Crippen molar-refractivity contribution in [2.75, 3.05) is 7.11 Å². The fourth-order valence-electron chi connectivity index (χ4n) is 2.22. The second-order valence-electron chi connectivity index (χ2n) is 5.51. The molecule has 0 heterocycles. The Kier molecular flexibility index (Phi) is 6.50. The number of aryl methyl sites for hydroxylation is 1. The number of hydrogen-bond donors (Lipinski definition) is 1. The molecule has 0 saturated carbocycles. The van der Waals surface area contributed by atoms with E-state index in [1.807, 2.05) is 50.2 Å². The van der Waals surface area contributed by atoms with Gasteiger partial charge in [-0.15, -0.1) is 0 Å². The fourth-order valence-corrected chi connectivity index (χ4v) is 2.50. The van der Waals surface area contributed by atoms with E-state index in [0.29, 0.717) is 23.7 Å². The van der Waals surface area contributed by atoms with Crippen molar-refractivity contribution in [2.24, 2.45) is 0 Å². The van der Waals surface area contributed by atoms with Gasteiger partial charge in [-0.2, -0.15) is 0 Å². The molecule has 1 N–H and O–H groups in total. The monoisotopic (exact) mass is 347 g/mol. The maximum absolute atomic E-state index is 12.3. The molecule has 0 bridgehead atoms. The van der Waals surface area contributed by atoms with Gasteiger partial charge in [-0.25, -0.2) is 0 Å². The van der Waals surface area contributed by atoms with Gasteiger partial charge in [0.25, 0.3) is 5.91 Å². The summed E-state index contributed by atoms with van der Waals surface area (Å²) in [7, 11) is 1.62. The van der Waals surface area contributed by atoms with Crippen LogP contribution in [-0.2, 0) is 11.3 Å². The van der Waals surface area contributed by atoms with E-state index in [-0.39, 0.29) is 5.91 Å². The van der Waals surface area contributed by atoms with Gasteiger partial charge in [0.05, 0.1) is 12.1 Å². The number of halogens is 1. The molecule has 128 valence electrons. The highest BCUT2D eigenvalue weighted by atomic mass is 35.5. The molecule has 2 aromatic carbocycles. The quantitative estimate of drug-likeness (QED) is 0.819. The Morgan fingerprint density at radius 3 is 2.50 bits per heavy atom. The highest BCUT2D eigenvalue weighted by molar-refractivity contribution is 6.32. The van der Waals surface area contributed by atoms with Gasteiger partial charge >= 0.3 is 0 Å². The normalized spacial score (nSPS) is 11.7. The van der Waals surface area contributed by atoms with Crippen molar-refractivity contribution in [1.29, 1.82) is 0 Å². The van der Waals surface area contributed by atoms with E-state index >= 15 is 0 Å². The van der Waals surface area contributed by atoms with Crippen molar-refractivity contribution in [3.05, 3.63) is 58.6 Å². The number of carbonyl (C=O) groups is 1. The molecule has 0 fully saturated rings. The number of nitrogens with one attached hydrogen (secondary N) is 1. The summed E-state index contributed by atoms with van der Waals surface area (Å²) in [5.74, 6) is 1.15. The Morgan fingerprint density at radius 2 is 1.92 bits per heavy atom. The standard InChI is InChI=1S/C19H22ClNO3/c1-4-17(24-18-10-5-13(2)11-16(18)20)19(22)21-12-14-6-8-15(23-3)9-7-14/h5-11,17H,4,12H2,1-3H3,(H,21,22). The summed E-state index contributed by atoms with van der Waals surface area (Å²) in [5.41, 5.74) is 2.04. The van der Waals surface area contributed by atoms with Crippen LogP contribution in [0.2, 0.25) is 5.02 Å². The molecule has 0 aromatic heterocycles. The molecule has 0 saturated heterocycles. The summed E-state index contributed by atoms with van der Waals surface area (Å²) in [5, 5.41) is 3.40. The van der Waals surface area contributed by atoms with E-state index in [4.69, 9.17) is 21.1 Å². The van der Waals surface area contributed by atoms with Crippen LogP contribution in [0.5, 0.6) is 11.5 Å². The third kappa shape index (κ3) is 4.90. The van der Waals surface area contributed by atoms with Gasteiger partial charge in [0.15, 0.2) is 6.10 Å². The number of rotatable bonds is 7. The Morgan fingerprint density at radius 1 is 1.21 bits per heavy atom. The Labute approximate surface area is 147 Å². The van der Waals surface area contributed by atoms with Crippen LogP contribution >= 0.6 is 11.6 Å². The Balaban J connectivity index is 1.95. The van der Waals surface area contributed by atoms with Crippen LogP contribution in [0.25, 0.3) is 0 Å². The van der Waals surface area contributed by atoms with Crippen molar-refractivity contribution in [2.45, 2.75) is 32.9 Å². The van der Waals surface area contributed by atoms with E-state index in [2.05, 4.69) is 5.32 Å². The van der Waals surface area contributed by atoms with E-state index in [9.17, 15) is 4.79 Å². The van der Waals surface area contributed by atoms with Crippen LogP contribution in [0.3, 0.4) is 0 Å². The molecule has 1 atom stereocenters. The summed E-state index contributed by atoms with van der Waals surface area (Å²) in [6.07, 6.45) is -0.0259. The fraction of sp³-hybridized carbons (Fsp3) is 0.316. The molecular formula is C19H22ClNO3. The molecule has 1 amide bonds. The van der Waals surface area contributed by atoms with Gasteiger partial charge in [0.1, 0.15) is 11.5 Å². The number of benzene rings is 2. The molecule has 24 heavy (non-hydrogen) atoms. The lowest BCUT2D eigenvalue weighted by atomic mass is 10.2. The molecule has 0 spiro atoms. The minimum Gasteiger partial charge on any atom is -0.497 e. The smallest absolute Gasteiger partial charge is 0.261 e. The van der Waals surface area contributed by atoms with Crippen molar-refractivity contribution < 1.29 is 14.3 Å². The van der Waals surface area contributed by atoms with E-state index in [1.54, 1.807) is 13.2 Å². The van der Waals surface area contributed by atoms with Gasteiger partial charge in [0.2, 0.25) is 0 Å². The highest BCUT2D eigenvalue weighted by Gasteiger charge is 2.19. The predicted molar refractivity (Wildman–Crippen MR) is 95.7 cm³/mol. The average Bonchev–Trinajstić information content (AvgIpc) is 2.59. The molecule has 2 rings (SSSR count). The zero-order chi connectivity index (χ0) is 17.5. The van der Waals surface area contributed by atoms with Crippen LogP contribution < -0.4 is 14.8 Å². The second kappa shape index (κ2) is 8.60. The first-order valence-corrected chi connectivity index (χ1v) is 8.24. The van der Waals surface area contributed by atoms with Crippen molar-refractivity contribution in [1.82, 2.24) is 5.32 Å². The molecule has 5 heteroatoms. The number of amides is 1. The second-order valence-corrected chi connectivity index (χ2v) is 5.92. The summed E-state index contributed by atoms with van der Waals surface area (Å²) in [4.78, 5) is 12.3. The zero-order valence-corrected chi connectivity index (χ0v) is 14.9. The molecule has 0 aliphatic rings. The van der Waals surface area contributed by atoms with Crippen LogP contribution in [0.1, 0.15) is 24.5 Å². The van der Waals surface area contributed by atoms with Gasteiger partial charge in [0, 0.05) is 6.54 Å².